The van der Waals surface area contributed by atoms with Crippen LogP contribution in [0.1, 0.15) is 19.8 Å². The summed E-state index contributed by atoms with van der Waals surface area (Å²) in [4.78, 5) is 0.242. The molecule has 3 heteroatoms. The Balaban J connectivity index is 2.25. The SMILES string of the molecule is CCC(Br)CC(F)COc1ccccc1. The smallest absolute Gasteiger partial charge is 0.135 e. The molecular weight excluding hydrogens is 259 g/mol. The van der Waals surface area contributed by atoms with Gasteiger partial charge in [-0.1, -0.05) is 41.1 Å². The van der Waals surface area contributed by atoms with Crippen molar-refractivity contribution in [2.24, 2.45) is 0 Å². The van der Waals surface area contributed by atoms with Crippen LogP contribution in [0.2, 0.25) is 0 Å². The molecule has 84 valence electrons. The molecule has 0 saturated heterocycles. The largest absolute Gasteiger partial charge is 0.491 e. The van der Waals surface area contributed by atoms with Crippen molar-refractivity contribution in [3.63, 3.8) is 0 Å². The average molecular weight is 275 g/mol. The van der Waals surface area contributed by atoms with Crippen LogP contribution in [0.3, 0.4) is 0 Å². The highest BCUT2D eigenvalue weighted by molar-refractivity contribution is 9.09. The van der Waals surface area contributed by atoms with Crippen LogP contribution in [0.25, 0.3) is 0 Å². The number of ether oxygens (including phenoxy) is 1. The highest BCUT2D eigenvalue weighted by atomic mass is 79.9. The van der Waals surface area contributed by atoms with Crippen molar-refractivity contribution >= 4 is 15.9 Å². The van der Waals surface area contributed by atoms with Gasteiger partial charge in [-0.2, -0.15) is 0 Å². The molecule has 0 aliphatic heterocycles. The van der Waals surface area contributed by atoms with Gasteiger partial charge in [0.25, 0.3) is 0 Å². The Bertz CT molecular complexity index is 266. The van der Waals surface area contributed by atoms with Crippen molar-refractivity contribution in [2.45, 2.75) is 30.8 Å². The Morgan fingerprint density at radius 1 is 1.33 bits per heavy atom. The Hall–Kier alpha value is -0.570. The molecule has 2 atom stereocenters. The van der Waals surface area contributed by atoms with Gasteiger partial charge in [0, 0.05) is 4.83 Å². The molecule has 1 nitrogen and oxygen atoms in total. The number of para-hydroxylation sites is 1. The van der Waals surface area contributed by atoms with E-state index in [0.29, 0.717) is 6.42 Å². The average Bonchev–Trinajstić information content (AvgIpc) is 2.27. The highest BCUT2D eigenvalue weighted by Crippen LogP contribution is 2.16. The topological polar surface area (TPSA) is 9.23 Å². The second kappa shape index (κ2) is 6.83. The number of benzene rings is 1. The van der Waals surface area contributed by atoms with Crippen LogP contribution in [-0.4, -0.2) is 17.6 Å². The summed E-state index contributed by atoms with van der Waals surface area (Å²) < 4.78 is 18.7. The van der Waals surface area contributed by atoms with Crippen LogP contribution in [0.5, 0.6) is 5.75 Å². The molecule has 1 aromatic carbocycles. The van der Waals surface area contributed by atoms with Gasteiger partial charge in [-0.15, -0.1) is 0 Å². The van der Waals surface area contributed by atoms with E-state index in [1.807, 2.05) is 37.3 Å². The number of hydrogen-bond donors (Lipinski definition) is 0. The summed E-state index contributed by atoms with van der Waals surface area (Å²) in [5.74, 6) is 0.725. The first-order valence-electron chi connectivity index (χ1n) is 5.18. The zero-order valence-corrected chi connectivity index (χ0v) is 10.4. The summed E-state index contributed by atoms with van der Waals surface area (Å²) in [6.45, 7) is 2.16. The first kappa shape index (κ1) is 12.5. The fourth-order valence-electron chi connectivity index (χ4n) is 1.22. The van der Waals surface area contributed by atoms with E-state index in [-0.39, 0.29) is 11.4 Å². The summed E-state index contributed by atoms with van der Waals surface area (Å²) in [6.07, 6.45) is 0.532. The van der Waals surface area contributed by atoms with Crippen LogP contribution in [0, 0.1) is 0 Å². The number of alkyl halides is 2. The van der Waals surface area contributed by atoms with E-state index in [2.05, 4.69) is 15.9 Å². The van der Waals surface area contributed by atoms with Crippen LogP contribution in [0.15, 0.2) is 30.3 Å². The third kappa shape index (κ3) is 5.17. The minimum absolute atomic E-state index is 0.131. The van der Waals surface area contributed by atoms with Gasteiger partial charge < -0.3 is 4.74 Å². The molecule has 0 aliphatic rings. The lowest BCUT2D eigenvalue weighted by Crippen LogP contribution is -2.16. The quantitative estimate of drug-likeness (QED) is 0.714. The number of rotatable bonds is 6. The summed E-state index contributed by atoms with van der Waals surface area (Å²) in [6, 6.07) is 9.32. The van der Waals surface area contributed by atoms with Gasteiger partial charge in [0.15, 0.2) is 0 Å². The fraction of sp³-hybridized carbons (Fsp3) is 0.500. The molecule has 15 heavy (non-hydrogen) atoms. The Morgan fingerprint density at radius 2 is 2.00 bits per heavy atom. The Morgan fingerprint density at radius 3 is 2.60 bits per heavy atom. The van der Waals surface area contributed by atoms with Crippen molar-refractivity contribution in [1.82, 2.24) is 0 Å². The predicted molar refractivity (Wildman–Crippen MR) is 64.5 cm³/mol. The molecule has 0 spiro atoms. The summed E-state index contributed by atoms with van der Waals surface area (Å²) >= 11 is 3.41. The first-order chi connectivity index (χ1) is 7.22. The second-order valence-corrected chi connectivity index (χ2v) is 4.76. The molecule has 0 aromatic heterocycles. The van der Waals surface area contributed by atoms with Gasteiger partial charge in [-0.25, -0.2) is 4.39 Å². The van der Waals surface area contributed by atoms with Gasteiger partial charge in [-0.05, 0) is 25.0 Å². The lowest BCUT2D eigenvalue weighted by Gasteiger charge is -2.12. The van der Waals surface area contributed by atoms with Crippen LogP contribution in [0.4, 0.5) is 4.39 Å². The van der Waals surface area contributed by atoms with E-state index in [0.717, 1.165) is 12.2 Å². The molecule has 0 aliphatic carbocycles. The van der Waals surface area contributed by atoms with Gasteiger partial charge in [-0.3, -0.25) is 0 Å². The monoisotopic (exact) mass is 274 g/mol. The molecule has 0 amide bonds. The van der Waals surface area contributed by atoms with Crippen LogP contribution in [-0.2, 0) is 0 Å². The second-order valence-electron chi connectivity index (χ2n) is 3.46. The maximum Gasteiger partial charge on any atom is 0.135 e. The summed E-state index contributed by atoms with van der Waals surface area (Å²) in [5.41, 5.74) is 0. The highest BCUT2D eigenvalue weighted by Gasteiger charge is 2.12. The Labute approximate surface area is 98.8 Å². The maximum atomic E-state index is 13.4. The first-order valence-corrected chi connectivity index (χ1v) is 6.10. The molecule has 1 aromatic rings. The lowest BCUT2D eigenvalue weighted by atomic mass is 10.2. The van der Waals surface area contributed by atoms with Crippen molar-refractivity contribution < 1.29 is 9.13 Å². The molecule has 0 saturated carbocycles. The van der Waals surface area contributed by atoms with E-state index >= 15 is 0 Å². The molecule has 0 fully saturated rings. The van der Waals surface area contributed by atoms with E-state index in [4.69, 9.17) is 4.74 Å². The normalized spacial score (nSPS) is 14.6. The zero-order valence-electron chi connectivity index (χ0n) is 8.83. The van der Waals surface area contributed by atoms with E-state index < -0.39 is 6.17 Å². The van der Waals surface area contributed by atoms with Gasteiger partial charge in [0.1, 0.15) is 18.5 Å². The molecule has 0 N–H and O–H groups in total. The third-order valence-corrected chi connectivity index (χ3v) is 3.15. The molecular formula is C12H16BrFO. The molecule has 1 rings (SSSR count). The van der Waals surface area contributed by atoms with E-state index in [9.17, 15) is 4.39 Å². The maximum absolute atomic E-state index is 13.4. The fourth-order valence-corrected chi connectivity index (χ4v) is 1.62. The van der Waals surface area contributed by atoms with Gasteiger partial charge >= 0.3 is 0 Å². The number of halogens is 2. The number of hydrogen-bond acceptors (Lipinski definition) is 1. The predicted octanol–water partition coefficient (Wildman–Crippen LogP) is 3.97. The summed E-state index contributed by atoms with van der Waals surface area (Å²) in [7, 11) is 0. The third-order valence-electron chi connectivity index (χ3n) is 2.13. The Kier molecular flexibility index (Phi) is 5.69. The molecule has 0 bridgehead atoms. The van der Waals surface area contributed by atoms with Crippen LogP contribution >= 0.6 is 15.9 Å². The minimum Gasteiger partial charge on any atom is -0.491 e. The van der Waals surface area contributed by atoms with E-state index in [1.165, 1.54) is 0 Å². The van der Waals surface area contributed by atoms with Crippen molar-refractivity contribution in [3.05, 3.63) is 30.3 Å². The van der Waals surface area contributed by atoms with Gasteiger partial charge in [0.05, 0.1) is 0 Å². The van der Waals surface area contributed by atoms with E-state index in [1.54, 1.807) is 0 Å². The molecule has 0 heterocycles. The standard InChI is InChI=1S/C12H16BrFO/c1-2-10(13)8-11(14)9-15-12-6-4-3-5-7-12/h3-7,10-11H,2,8-9H2,1H3. The van der Waals surface area contributed by atoms with Crippen molar-refractivity contribution in [1.29, 1.82) is 0 Å². The van der Waals surface area contributed by atoms with Crippen molar-refractivity contribution in [3.8, 4) is 5.75 Å². The zero-order chi connectivity index (χ0) is 11.1. The van der Waals surface area contributed by atoms with Gasteiger partial charge in [0.2, 0.25) is 0 Å². The van der Waals surface area contributed by atoms with Crippen LogP contribution < -0.4 is 4.74 Å². The molecule has 0 radical (unpaired) electrons. The summed E-state index contributed by atoms with van der Waals surface area (Å²) in [5, 5.41) is 0. The molecule has 2 unspecified atom stereocenters. The minimum atomic E-state index is -0.908. The lowest BCUT2D eigenvalue weighted by molar-refractivity contribution is 0.186. The van der Waals surface area contributed by atoms with Crippen molar-refractivity contribution in [2.75, 3.05) is 6.61 Å².